The maximum Gasteiger partial charge on any atom is 0.416 e. The Kier molecular flexibility index (Phi) is 7.12. The summed E-state index contributed by atoms with van der Waals surface area (Å²) in [5, 5.41) is 7.58. The predicted octanol–water partition coefficient (Wildman–Crippen LogP) is 3.54. The summed E-state index contributed by atoms with van der Waals surface area (Å²) in [7, 11) is 1.91. The molecule has 0 unspecified atom stereocenters. The number of nitrogens with one attached hydrogen (secondary N) is 1. The first-order chi connectivity index (χ1) is 12.3. The van der Waals surface area contributed by atoms with Crippen molar-refractivity contribution in [2.24, 2.45) is 17.8 Å². The molecule has 0 atom stereocenters. The van der Waals surface area contributed by atoms with Gasteiger partial charge in [-0.05, 0) is 48.9 Å². The first-order valence-corrected chi connectivity index (χ1v) is 8.58. The van der Waals surface area contributed by atoms with Crippen molar-refractivity contribution >= 4 is 29.9 Å². The molecule has 0 saturated heterocycles. The highest BCUT2D eigenvalue weighted by molar-refractivity contribution is 14.0. The third-order valence-corrected chi connectivity index (χ3v) is 4.57. The van der Waals surface area contributed by atoms with Crippen LogP contribution in [0.25, 0.3) is 0 Å². The van der Waals surface area contributed by atoms with E-state index in [4.69, 9.17) is 5.73 Å². The molecular weight excluding hydrogens is 470 g/mol. The fraction of sp³-hybridized carbons (Fsp3) is 0.444. The van der Waals surface area contributed by atoms with Crippen LogP contribution < -0.4 is 11.1 Å². The number of hydrogen-bond donors (Lipinski definition) is 2. The summed E-state index contributed by atoms with van der Waals surface area (Å²) in [5.74, 6) is 0.202. The summed E-state index contributed by atoms with van der Waals surface area (Å²) in [4.78, 5) is 4.15. The molecule has 0 fully saturated rings. The zero-order valence-corrected chi connectivity index (χ0v) is 17.3. The maximum atomic E-state index is 12.7. The molecule has 1 heterocycles. The zero-order valence-electron chi connectivity index (χ0n) is 15.0. The van der Waals surface area contributed by atoms with E-state index < -0.39 is 11.7 Å². The molecule has 0 aliphatic heterocycles. The van der Waals surface area contributed by atoms with Gasteiger partial charge in [-0.1, -0.05) is 12.1 Å². The van der Waals surface area contributed by atoms with Gasteiger partial charge >= 0.3 is 6.18 Å². The number of aromatic nitrogens is 2. The second-order valence-electron chi connectivity index (χ2n) is 6.46. The number of nitrogens with two attached hydrogens (primary N) is 1. The largest absolute Gasteiger partial charge is 0.416 e. The molecule has 27 heavy (non-hydrogen) atoms. The second kappa shape index (κ2) is 8.94. The van der Waals surface area contributed by atoms with Gasteiger partial charge in [0.1, 0.15) is 0 Å². The molecule has 0 spiro atoms. The van der Waals surface area contributed by atoms with Gasteiger partial charge in [-0.3, -0.25) is 4.68 Å². The van der Waals surface area contributed by atoms with E-state index in [-0.39, 0.29) is 36.5 Å². The number of halogens is 4. The van der Waals surface area contributed by atoms with Crippen molar-refractivity contribution in [3.8, 4) is 0 Å². The minimum Gasteiger partial charge on any atom is -0.370 e. The van der Waals surface area contributed by atoms with Gasteiger partial charge in [0, 0.05) is 7.05 Å². The van der Waals surface area contributed by atoms with Crippen LogP contribution in [0.3, 0.4) is 0 Å². The molecule has 3 rings (SSSR count). The minimum atomic E-state index is -4.36. The van der Waals surface area contributed by atoms with Crippen molar-refractivity contribution in [3.63, 3.8) is 0 Å². The summed E-state index contributed by atoms with van der Waals surface area (Å²) in [6.07, 6.45) is -0.0197. The lowest BCUT2D eigenvalue weighted by atomic mass is 9.96. The number of fused-ring (bicyclic) bond motifs is 1. The lowest BCUT2D eigenvalue weighted by molar-refractivity contribution is -0.137. The fourth-order valence-corrected chi connectivity index (χ4v) is 3.22. The molecule has 148 valence electrons. The molecular formula is C18H23F3IN5. The van der Waals surface area contributed by atoms with Crippen LogP contribution in [0.4, 0.5) is 13.2 Å². The van der Waals surface area contributed by atoms with E-state index in [2.05, 4.69) is 15.4 Å². The van der Waals surface area contributed by atoms with Crippen molar-refractivity contribution in [2.45, 2.75) is 44.9 Å². The van der Waals surface area contributed by atoms with Crippen LogP contribution in [0, 0.1) is 0 Å². The van der Waals surface area contributed by atoms with E-state index in [0.29, 0.717) is 12.1 Å². The quantitative estimate of drug-likeness (QED) is 0.389. The van der Waals surface area contributed by atoms with E-state index in [9.17, 15) is 13.2 Å². The monoisotopic (exact) mass is 493 g/mol. The molecule has 2 aromatic rings. The van der Waals surface area contributed by atoms with Gasteiger partial charge < -0.3 is 11.1 Å². The van der Waals surface area contributed by atoms with Gasteiger partial charge in [-0.25, -0.2) is 4.99 Å². The van der Waals surface area contributed by atoms with E-state index in [1.165, 1.54) is 11.6 Å². The van der Waals surface area contributed by atoms with Crippen molar-refractivity contribution in [3.05, 3.63) is 52.3 Å². The molecule has 0 amide bonds. The average molecular weight is 493 g/mol. The Morgan fingerprint density at radius 2 is 2.04 bits per heavy atom. The third-order valence-electron chi connectivity index (χ3n) is 4.57. The first kappa shape index (κ1) is 21.5. The molecule has 3 N–H and O–H groups in total. The first-order valence-electron chi connectivity index (χ1n) is 8.58. The van der Waals surface area contributed by atoms with Gasteiger partial charge in [0.2, 0.25) is 0 Å². The topological polar surface area (TPSA) is 68.2 Å². The Morgan fingerprint density at radius 3 is 2.78 bits per heavy atom. The molecule has 1 aliphatic carbocycles. The van der Waals surface area contributed by atoms with E-state index >= 15 is 0 Å². The van der Waals surface area contributed by atoms with Gasteiger partial charge in [0.25, 0.3) is 0 Å². The Balaban J connectivity index is 0.00000261. The SMILES string of the molecule is Cn1nc2c(c1CNC(N)=NCc1cccc(C(F)(F)F)c1)CCCC2.I. The highest BCUT2D eigenvalue weighted by Gasteiger charge is 2.30. The van der Waals surface area contributed by atoms with Gasteiger partial charge in [0.15, 0.2) is 5.96 Å². The molecule has 0 saturated carbocycles. The number of alkyl halides is 3. The van der Waals surface area contributed by atoms with Gasteiger partial charge in [-0.15, -0.1) is 24.0 Å². The molecule has 0 bridgehead atoms. The van der Waals surface area contributed by atoms with Crippen LogP contribution in [-0.2, 0) is 39.2 Å². The summed E-state index contributed by atoms with van der Waals surface area (Å²) < 4.78 is 40.1. The van der Waals surface area contributed by atoms with Crippen LogP contribution in [0.5, 0.6) is 0 Å². The van der Waals surface area contributed by atoms with Crippen LogP contribution in [0.1, 0.15) is 40.9 Å². The number of hydrogen-bond acceptors (Lipinski definition) is 2. The number of aryl methyl sites for hydroxylation is 2. The number of guanidine groups is 1. The Labute approximate surface area is 173 Å². The normalized spacial score (nSPS) is 14.4. The molecule has 0 radical (unpaired) electrons. The van der Waals surface area contributed by atoms with Crippen molar-refractivity contribution in [1.29, 1.82) is 0 Å². The molecule has 1 aromatic carbocycles. The maximum absolute atomic E-state index is 12.7. The fourth-order valence-electron chi connectivity index (χ4n) is 3.22. The third kappa shape index (κ3) is 5.36. The van der Waals surface area contributed by atoms with Crippen LogP contribution >= 0.6 is 24.0 Å². The molecule has 1 aliphatic rings. The summed E-state index contributed by atoms with van der Waals surface area (Å²) >= 11 is 0. The van der Waals surface area contributed by atoms with Gasteiger partial charge in [0.05, 0.1) is 30.0 Å². The summed E-state index contributed by atoms with van der Waals surface area (Å²) in [6.45, 7) is 0.586. The van der Waals surface area contributed by atoms with Crippen molar-refractivity contribution in [1.82, 2.24) is 15.1 Å². The van der Waals surface area contributed by atoms with Crippen molar-refractivity contribution in [2.75, 3.05) is 0 Å². The van der Waals surface area contributed by atoms with Crippen LogP contribution in [-0.4, -0.2) is 15.7 Å². The molecule has 5 nitrogen and oxygen atoms in total. The van der Waals surface area contributed by atoms with Crippen LogP contribution in [0.15, 0.2) is 29.3 Å². The second-order valence-corrected chi connectivity index (χ2v) is 6.46. The Hall–Kier alpha value is -1.78. The average Bonchev–Trinajstić information content (AvgIpc) is 2.93. The number of aliphatic imine (C=N–C) groups is 1. The minimum absolute atomic E-state index is 0. The van der Waals surface area contributed by atoms with E-state index in [1.54, 1.807) is 6.07 Å². The number of nitrogens with zero attached hydrogens (tertiary/aromatic N) is 3. The molecule has 9 heteroatoms. The number of rotatable bonds is 4. The Bertz CT molecular complexity index is 814. The summed E-state index contributed by atoms with van der Waals surface area (Å²) in [6, 6.07) is 5.11. The van der Waals surface area contributed by atoms with E-state index in [0.717, 1.165) is 49.2 Å². The lowest BCUT2D eigenvalue weighted by Gasteiger charge is -2.12. The lowest BCUT2D eigenvalue weighted by Crippen LogP contribution is -2.32. The molecule has 1 aromatic heterocycles. The zero-order chi connectivity index (χ0) is 18.7. The standard InChI is InChI=1S/C18H22F3N5.HI/c1-26-16(14-7-2-3-8-15(14)25-26)11-24-17(22)23-10-12-5-4-6-13(9-12)18(19,20)21;/h4-6,9H,2-3,7-8,10-11H2,1H3,(H3,22,23,24);1H. The van der Waals surface area contributed by atoms with E-state index in [1.807, 2.05) is 11.7 Å². The number of benzene rings is 1. The van der Waals surface area contributed by atoms with Crippen molar-refractivity contribution < 1.29 is 13.2 Å². The van der Waals surface area contributed by atoms with Crippen LogP contribution in [0.2, 0.25) is 0 Å². The van der Waals surface area contributed by atoms with Gasteiger partial charge in [-0.2, -0.15) is 18.3 Å². The highest BCUT2D eigenvalue weighted by atomic mass is 127. The Morgan fingerprint density at radius 1 is 1.30 bits per heavy atom. The highest BCUT2D eigenvalue weighted by Crippen LogP contribution is 2.29. The smallest absolute Gasteiger partial charge is 0.370 e. The predicted molar refractivity (Wildman–Crippen MR) is 109 cm³/mol. The summed E-state index contributed by atoms with van der Waals surface area (Å²) in [5.41, 5.74) is 9.16.